The molecule has 0 aliphatic heterocycles. The van der Waals surface area contributed by atoms with E-state index in [0.29, 0.717) is 0 Å². The second kappa shape index (κ2) is 4.94. The molecular formula is C16H16N2S. The minimum absolute atomic E-state index is 0.804. The third-order valence-electron chi connectivity index (χ3n) is 3.30. The van der Waals surface area contributed by atoms with E-state index in [4.69, 9.17) is 5.73 Å². The summed E-state index contributed by atoms with van der Waals surface area (Å²) < 4.78 is 1.35. The van der Waals surface area contributed by atoms with E-state index in [0.717, 1.165) is 12.2 Å². The van der Waals surface area contributed by atoms with Gasteiger partial charge in [0.1, 0.15) is 0 Å². The maximum absolute atomic E-state index is 5.72. The standard InChI is InChI=1S/C16H16N2S/c1-18(14-8-6-13(17)7-9-14)10-12-11-19-16-5-3-2-4-15(12)16/h2-9,11H,10,17H2,1H3. The van der Waals surface area contributed by atoms with Crippen molar-refractivity contribution < 1.29 is 0 Å². The van der Waals surface area contributed by atoms with Gasteiger partial charge < -0.3 is 10.6 Å². The Balaban J connectivity index is 1.86. The monoisotopic (exact) mass is 268 g/mol. The first kappa shape index (κ1) is 12.1. The fourth-order valence-corrected chi connectivity index (χ4v) is 3.18. The zero-order valence-corrected chi connectivity index (χ0v) is 11.7. The number of fused-ring (bicyclic) bond motifs is 1. The first-order chi connectivity index (χ1) is 9.24. The Bertz CT molecular complexity index is 685. The molecule has 3 rings (SSSR count). The van der Waals surface area contributed by atoms with E-state index < -0.39 is 0 Å². The molecule has 3 heteroatoms. The first-order valence-electron chi connectivity index (χ1n) is 6.26. The molecule has 96 valence electrons. The Morgan fingerprint density at radius 3 is 2.58 bits per heavy atom. The van der Waals surface area contributed by atoms with Gasteiger partial charge in [-0.15, -0.1) is 11.3 Å². The lowest BCUT2D eigenvalue weighted by Gasteiger charge is -2.19. The van der Waals surface area contributed by atoms with Gasteiger partial charge in [0, 0.05) is 29.7 Å². The van der Waals surface area contributed by atoms with Crippen LogP contribution in [0.5, 0.6) is 0 Å². The molecule has 2 N–H and O–H groups in total. The van der Waals surface area contributed by atoms with Crippen LogP contribution in [0.4, 0.5) is 11.4 Å². The van der Waals surface area contributed by atoms with Crippen LogP contribution >= 0.6 is 11.3 Å². The molecule has 3 aromatic rings. The van der Waals surface area contributed by atoms with Gasteiger partial charge in [-0.3, -0.25) is 0 Å². The summed E-state index contributed by atoms with van der Waals surface area (Å²) in [4.78, 5) is 2.24. The van der Waals surface area contributed by atoms with Gasteiger partial charge in [0.25, 0.3) is 0 Å². The number of benzene rings is 2. The largest absolute Gasteiger partial charge is 0.399 e. The number of anilines is 2. The first-order valence-corrected chi connectivity index (χ1v) is 7.14. The van der Waals surface area contributed by atoms with E-state index in [2.05, 4.69) is 53.7 Å². The second-order valence-corrected chi connectivity index (χ2v) is 5.62. The van der Waals surface area contributed by atoms with Gasteiger partial charge in [-0.25, -0.2) is 0 Å². The fourth-order valence-electron chi connectivity index (χ4n) is 2.23. The number of rotatable bonds is 3. The van der Waals surface area contributed by atoms with Crippen molar-refractivity contribution >= 4 is 32.8 Å². The lowest BCUT2D eigenvalue weighted by Crippen LogP contribution is -2.15. The van der Waals surface area contributed by atoms with Crippen molar-refractivity contribution in [1.29, 1.82) is 0 Å². The van der Waals surface area contributed by atoms with E-state index in [1.807, 2.05) is 12.1 Å². The summed E-state index contributed by atoms with van der Waals surface area (Å²) in [6, 6.07) is 16.6. The predicted octanol–water partition coefficient (Wildman–Crippen LogP) is 4.12. The topological polar surface area (TPSA) is 29.3 Å². The molecule has 0 fully saturated rings. The Hall–Kier alpha value is -2.00. The van der Waals surface area contributed by atoms with Crippen LogP contribution in [0.15, 0.2) is 53.9 Å². The molecule has 1 aromatic heterocycles. The van der Waals surface area contributed by atoms with Gasteiger partial charge >= 0.3 is 0 Å². The van der Waals surface area contributed by atoms with Crippen molar-refractivity contribution in [3.8, 4) is 0 Å². The molecule has 0 amide bonds. The Labute approximate surface area is 117 Å². The van der Waals surface area contributed by atoms with E-state index in [1.54, 1.807) is 11.3 Å². The quantitative estimate of drug-likeness (QED) is 0.724. The van der Waals surface area contributed by atoms with Gasteiger partial charge in [0.2, 0.25) is 0 Å². The predicted molar refractivity (Wildman–Crippen MR) is 84.8 cm³/mol. The summed E-state index contributed by atoms with van der Waals surface area (Å²) in [5, 5.41) is 3.60. The number of nitrogens with zero attached hydrogens (tertiary/aromatic N) is 1. The summed E-state index contributed by atoms with van der Waals surface area (Å²) in [6.45, 7) is 0.911. The van der Waals surface area contributed by atoms with Gasteiger partial charge in [-0.05, 0) is 46.7 Å². The summed E-state index contributed by atoms with van der Waals surface area (Å²) in [6.07, 6.45) is 0. The highest BCUT2D eigenvalue weighted by molar-refractivity contribution is 7.17. The number of nitrogens with two attached hydrogens (primary N) is 1. The van der Waals surface area contributed by atoms with Crippen molar-refractivity contribution in [2.75, 3.05) is 17.7 Å². The van der Waals surface area contributed by atoms with Crippen LogP contribution in [0, 0.1) is 0 Å². The van der Waals surface area contributed by atoms with Crippen LogP contribution < -0.4 is 10.6 Å². The minimum Gasteiger partial charge on any atom is -0.399 e. The molecule has 0 spiro atoms. The molecule has 19 heavy (non-hydrogen) atoms. The molecule has 2 aromatic carbocycles. The Morgan fingerprint density at radius 2 is 1.79 bits per heavy atom. The molecule has 0 unspecified atom stereocenters. The van der Waals surface area contributed by atoms with E-state index >= 15 is 0 Å². The third kappa shape index (κ3) is 2.42. The van der Waals surface area contributed by atoms with Crippen LogP contribution in [-0.2, 0) is 6.54 Å². The fraction of sp³-hybridized carbons (Fsp3) is 0.125. The number of hydrogen-bond acceptors (Lipinski definition) is 3. The molecular weight excluding hydrogens is 252 g/mol. The van der Waals surface area contributed by atoms with Crippen LogP contribution in [0.2, 0.25) is 0 Å². The normalized spacial score (nSPS) is 10.8. The minimum atomic E-state index is 0.804. The molecule has 2 nitrogen and oxygen atoms in total. The average Bonchev–Trinajstić information content (AvgIpc) is 2.83. The van der Waals surface area contributed by atoms with Crippen molar-refractivity contribution in [2.24, 2.45) is 0 Å². The lowest BCUT2D eigenvalue weighted by atomic mass is 10.1. The van der Waals surface area contributed by atoms with E-state index in [-0.39, 0.29) is 0 Å². The second-order valence-electron chi connectivity index (χ2n) is 4.70. The van der Waals surface area contributed by atoms with Crippen molar-refractivity contribution in [2.45, 2.75) is 6.54 Å². The zero-order valence-electron chi connectivity index (χ0n) is 10.8. The number of hydrogen-bond donors (Lipinski definition) is 1. The molecule has 0 saturated carbocycles. The van der Waals surface area contributed by atoms with Crippen LogP contribution in [0.3, 0.4) is 0 Å². The Kier molecular flexibility index (Phi) is 3.13. The molecule has 0 atom stereocenters. The van der Waals surface area contributed by atoms with E-state index in [9.17, 15) is 0 Å². The third-order valence-corrected chi connectivity index (χ3v) is 4.31. The summed E-state index contributed by atoms with van der Waals surface area (Å²) in [5.74, 6) is 0. The lowest BCUT2D eigenvalue weighted by molar-refractivity contribution is 0.934. The van der Waals surface area contributed by atoms with Gasteiger partial charge in [-0.2, -0.15) is 0 Å². The van der Waals surface area contributed by atoms with Gasteiger partial charge in [-0.1, -0.05) is 18.2 Å². The van der Waals surface area contributed by atoms with Gasteiger partial charge in [0.05, 0.1) is 0 Å². The molecule has 0 saturated heterocycles. The summed E-state index contributed by atoms with van der Waals surface area (Å²) in [7, 11) is 2.11. The highest BCUT2D eigenvalue weighted by atomic mass is 32.1. The molecule has 0 aliphatic rings. The SMILES string of the molecule is CN(Cc1csc2ccccc12)c1ccc(N)cc1. The molecule has 0 radical (unpaired) electrons. The smallest absolute Gasteiger partial charge is 0.0440 e. The zero-order chi connectivity index (χ0) is 13.2. The summed E-state index contributed by atoms with van der Waals surface area (Å²) in [5.41, 5.74) is 9.08. The van der Waals surface area contributed by atoms with Crippen LogP contribution in [0.1, 0.15) is 5.56 Å². The number of thiophene rings is 1. The molecule has 0 aliphatic carbocycles. The highest BCUT2D eigenvalue weighted by Crippen LogP contribution is 2.27. The van der Waals surface area contributed by atoms with Crippen molar-refractivity contribution in [3.05, 3.63) is 59.5 Å². The molecule has 1 heterocycles. The molecule has 0 bridgehead atoms. The number of nitrogen functional groups attached to an aromatic ring is 1. The highest BCUT2D eigenvalue weighted by Gasteiger charge is 2.07. The Morgan fingerprint density at radius 1 is 1.05 bits per heavy atom. The maximum Gasteiger partial charge on any atom is 0.0440 e. The van der Waals surface area contributed by atoms with Crippen LogP contribution in [0.25, 0.3) is 10.1 Å². The van der Waals surface area contributed by atoms with Crippen molar-refractivity contribution in [3.63, 3.8) is 0 Å². The summed E-state index contributed by atoms with van der Waals surface area (Å²) >= 11 is 1.81. The van der Waals surface area contributed by atoms with E-state index in [1.165, 1.54) is 21.3 Å². The maximum atomic E-state index is 5.72. The average molecular weight is 268 g/mol. The van der Waals surface area contributed by atoms with Crippen LogP contribution in [-0.4, -0.2) is 7.05 Å². The van der Waals surface area contributed by atoms with Gasteiger partial charge in [0.15, 0.2) is 0 Å². The van der Waals surface area contributed by atoms with Crippen molar-refractivity contribution in [1.82, 2.24) is 0 Å².